The second-order valence-corrected chi connectivity index (χ2v) is 4.60. The first-order valence-corrected chi connectivity index (χ1v) is 6.78. The Morgan fingerprint density at radius 3 is 2.38 bits per heavy atom. The highest BCUT2D eigenvalue weighted by Crippen LogP contribution is 2.14. The second-order valence-electron chi connectivity index (χ2n) is 4.60. The molecule has 0 aliphatic rings. The van der Waals surface area contributed by atoms with Crippen molar-refractivity contribution in [3.63, 3.8) is 0 Å². The van der Waals surface area contributed by atoms with Crippen LogP contribution in [-0.2, 0) is 0 Å². The van der Waals surface area contributed by atoms with E-state index in [1.807, 2.05) is 51.1 Å². The van der Waals surface area contributed by atoms with Crippen LogP contribution in [0.15, 0.2) is 30.3 Å². The number of rotatable bonds is 4. The molecular formula is C15H20N5O+. The molecule has 0 fully saturated rings. The first kappa shape index (κ1) is 14.8. The lowest BCUT2D eigenvalue weighted by atomic mass is 10.3. The minimum atomic E-state index is 0.365. The molecule has 0 aliphatic heterocycles. The van der Waals surface area contributed by atoms with Gasteiger partial charge in [0.15, 0.2) is 0 Å². The van der Waals surface area contributed by atoms with Crippen molar-refractivity contribution in [2.75, 3.05) is 11.9 Å². The molecule has 1 heterocycles. The van der Waals surface area contributed by atoms with Gasteiger partial charge in [-0.2, -0.15) is 0 Å². The molecule has 0 atom stereocenters. The summed E-state index contributed by atoms with van der Waals surface area (Å²) >= 11 is 0. The lowest BCUT2D eigenvalue weighted by Crippen LogP contribution is -2.72. The molecule has 0 saturated carbocycles. The number of hydrogen-bond acceptors (Lipinski definition) is 3. The maximum atomic E-state index is 5.92. The van der Waals surface area contributed by atoms with Gasteiger partial charge in [-0.15, -0.1) is 9.97 Å². The Kier molecular flexibility index (Phi) is 4.71. The maximum absolute atomic E-state index is 5.92. The highest BCUT2D eigenvalue weighted by Gasteiger charge is 2.05. The van der Waals surface area contributed by atoms with E-state index in [2.05, 4.69) is 20.3 Å². The second kappa shape index (κ2) is 6.69. The van der Waals surface area contributed by atoms with Crippen LogP contribution in [0.2, 0.25) is 0 Å². The average Bonchev–Trinajstić information content (AvgIpc) is 2.40. The average molecular weight is 286 g/mol. The van der Waals surface area contributed by atoms with Crippen molar-refractivity contribution in [2.45, 2.75) is 20.8 Å². The maximum Gasteiger partial charge on any atom is 0.354 e. The summed E-state index contributed by atoms with van der Waals surface area (Å²) in [5.41, 5.74) is 8.55. The van der Waals surface area contributed by atoms with Gasteiger partial charge < -0.3 is 10.5 Å². The number of nitrogens with zero attached hydrogens (tertiary/aromatic N) is 2. The summed E-state index contributed by atoms with van der Waals surface area (Å²) in [5, 5.41) is 3.05. The highest BCUT2D eigenvalue weighted by atomic mass is 16.5. The molecule has 0 bridgehead atoms. The van der Waals surface area contributed by atoms with Crippen molar-refractivity contribution in [3.8, 4) is 5.75 Å². The molecule has 1 aromatic heterocycles. The third-order valence-electron chi connectivity index (χ3n) is 2.67. The minimum Gasteiger partial charge on any atom is -0.494 e. The minimum absolute atomic E-state index is 0.365. The SMILES string of the molecule is CCOc1ccc(NC(N)=[NH+]c2nc(C)cc(C)n2)cc1. The summed E-state index contributed by atoms with van der Waals surface area (Å²) in [4.78, 5) is 11.5. The van der Waals surface area contributed by atoms with Gasteiger partial charge in [-0.25, -0.2) is 4.99 Å². The fourth-order valence-electron chi connectivity index (χ4n) is 1.89. The van der Waals surface area contributed by atoms with Gasteiger partial charge in [0.1, 0.15) is 5.75 Å². The van der Waals surface area contributed by atoms with Crippen molar-refractivity contribution in [1.82, 2.24) is 9.97 Å². The third kappa shape index (κ3) is 4.45. The number of nitrogens with one attached hydrogen (secondary N) is 2. The number of anilines is 1. The fourth-order valence-corrected chi connectivity index (χ4v) is 1.89. The van der Waals surface area contributed by atoms with Gasteiger partial charge in [-0.3, -0.25) is 5.32 Å². The Labute approximate surface area is 124 Å². The number of hydrogen-bond donors (Lipinski definition) is 3. The van der Waals surface area contributed by atoms with Gasteiger partial charge in [-0.05, 0) is 45.0 Å². The molecule has 2 rings (SSSR count). The smallest absolute Gasteiger partial charge is 0.354 e. The molecule has 21 heavy (non-hydrogen) atoms. The highest BCUT2D eigenvalue weighted by molar-refractivity contribution is 5.88. The first-order valence-electron chi connectivity index (χ1n) is 6.78. The number of benzene rings is 1. The van der Waals surface area contributed by atoms with E-state index in [1.165, 1.54) is 0 Å². The van der Waals surface area contributed by atoms with Gasteiger partial charge >= 0.3 is 5.95 Å². The molecule has 0 amide bonds. The van der Waals surface area contributed by atoms with Crippen molar-refractivity contribution in [1.29, 1.82) is 0 Å². The van der Waals surface area contributed by atoms with Crippen LogP contribution in [0, 0.1) is 13.8 Å². The van der Waals surface area contributed by atoms with E-state index < -0.39 is 0 Å². The van der Waals surface area contributed by atoms with Crippen LogP contribution < -0.4 is 20.8 Å². The normalized spacial score (nSPS) is 11.3. The van der Waals surface area contributed by atoms with E-state index in [0.717, 1.165) is 22.8 Å². The number of nitrogens with two attached hydrogens (primary N) is 1. The van der Waals surface area contributed by atoms with Crippen molar-refractivity contribution < 1.29 is 9.73 Å². The number of aromatic nitrogens is 2. The summed E-state index contributed by atoms with van der Waals surface area (Å²) in [6.07, 6.45) is 0. The Hall–Kier alpha value is -2.63. The van der Waals surface area contributed by atoms with Crippen molar-refractivity contribution in [2.24, 2.45) is 5.73 Å². The van der Waals surface area contributed by atoms with Crippen LogP contribution in [0.3, 0.4) is 0 Å². The summed E-state index contributed by atoms with van der Waals surface area (Å²) in [7, 11) is 0. The van der Waals surface area contributed by atoms with Crippen LogP contribution in [0.25, 0.3) is 0 Å². The Balaban J connectivity index is 2.09. The molecule has 0 saturated heterocycles. The van der Waals surface area contributed by atoms with E-state index in [-0.39, 0.29) is 0 Å². The van der Waals surface area contributed by atoms with E-state index in [9.17, 15) is 0 Å². The van der Waals surface area contributed by atoms with E-state index >= 15 is 0 Å². The lowest BCUT2D eigenvalue weighted by Gasteiger charge is -2.04. The zero-order valence-corrected chi connectivity index (χ0v) is 12.5. The number of ether oxygens (including phenoxy) is 1. The zero-order valence-electron chi connectivity index (χ0n) is 12.5. The summed E-state index contributed by atoms with van der Waals surface area (Å²) in [6.45, 7) is 6.42. The van der Waals surface area contributed by atoms with Gasteiger partial charge in [-0.1, -0.05) is 0 Å². The van der Waals surface area contributed by atoms with Gasteiger partial charge in [0.25, 0.3) is 5.96 Å². The summed E-state index contributed by atoms with van der Waals surface area (Å²) < 4.78 is 5.39. The van der Waals surface area contributed by atoms with Gasteiger partial charge in [0.2, 0.25) is 0 Å². The van der Waals surface area contributed by atoms with Crippen molar-refractivity contribution >= 4 is 17.6 Å². The Bertz CT molecular complexity index is 617. The van der Waals surface area contributed by atoms with Gasteiger partial charge in [0, 0.05) is 6.07 Å². The summed E-state index contributed by atoms with van der Waals surface area (Å²) in [6, 6.07) is 9.45. The number of aryl methyl sites for hydroxylation is 2. The summed E-state index contributed by atoms with van der Waals surface area (Å²) in [5.74, 6) is 1.67. The largest absolute Gasteiger partial charge is 0.494 e. The monoisotopic (exact) mass is 286 g/mol. The van der Waals surface area contributed by atoms with Crippen LogP contribution in [-0.4, -0.2) is 22.5 Å². The van der Waals surface area contributed by atoms with E-state index in [0.29, 0.717) is 18.5 Å². The molecule has 0 unspecified atom stereocenters. The number of guanidine groups is 1. The molecule has 4 N–H and O–H groups in total. The molecule has 0 radical (unpaired) electrons. The quantitative estimate of drug-likeness (QED) is 0.567. The lowest BCUT2D eigenvalue weighted by molar-refractivity contribution is -0.365. The van der Waals surface area contributed by atoms with Crippen LogP contribution >= 0.6 is 0 Å². The molecular weight excluding hydrogens is 266 g/mol. The van der Waals surface area contributed by atoms with E-state index in [4.69, 9.17) is 10.5 Å². The molecule has 1 aromatic carbocycles. The topological polar surface area (TPSA) is 87.0 Å². The predicted molar refractivity (Wildman–Crippen MR) is 82.6 cm³/mol. The first-order chi connectivity index (χ1) is 10.1. The molecule has 110 valence electrons. The molecule has 0 aliphatic carbocycles. The molecule has 2 aromatic rings. The Morgan fingerprint density at radius 2 is 1.81 bits per heavy atom. The Morgan fingerprint density at radius 1 is 1.19 bits per heavy atom. The van der Waals surface area contributed by atoms with Crippen LogP contribution in [0.1, 0.15) is 18.3 Å². The zero-order chi connectivity index (χ0) is 15.2. The standard InChI is InChI=1S/C15H19N5O/c1-4-21-13-7-5-12(6-8-13)19-14(16)20-15-17-10(2)9-11(3)18-15/h5-9H,4H2,1-3H3,(H3,16,17,18,19,20)/p+1. The third-order valence-corrected chi connectivity index (χ3v) is 2.67. The van der Waals surface area contributed by atoms with E-state index in [1.54, 1.807) is 0 Å². The van der Waals surface area contributed by atoms with Crippen LogP contribution in [0.4, 0.5) is 11.6 Å². The predicted octanol–water partition coefficient (Wildman–Crippen LogP) is 0.631. The molecule has 6 nitrogen and oxygen atoms in total. The fraction of sp³-hybridized carbons (Fsp3) is 0.267. The van der Waals surface area contributed by atoms with Crippen LogP contribution in [0.5, 0.6) is 5.75 Å². The molecule has 6 heteroatoms. The van der Waals surface area contributed by atoms with Crippen molar-refractivity contribution in [3.05, 3.63) is 41.7 Å². The molecule has 0 spiro atoms. The van der Waals surface area contributed by atoms with Gasteiger partial charge in [0.05, 0.1) is 23.7 Å².